The van der Waals surface area contributed by atoms with Crippen LogP contribution in [0, 0.1) is 0 Å². The van der Waals surface area contributed by atoms with Gasteiger partial charge in [0.05, 0.1) is 47.6 Å². The van der Waals surface area contributed by atoms with Crippen molar-refractivity contribution in [1.82, 2.24) is 24.8 Å². The molecule has 0 aromatic carbocycles. The third-order valence-corrected chi connectivity index (χ3v) is 6.89. The zero-order valence-corrected chi connectivity index (χ0v) is 16.9. The van der Waals surface area contributed by atoms with E-state index >= 15 is 0 Å². The number of anilines is 1. The Bertz CT molecular complexity index is 1150. The Balaban J connectivity index is 1.38. The number of nitrogens with one attached hydrogen (secondary N) is 1. The molecule has 0 atom stereocenters. The first-order chi connectivity index (χ1) is 14.5. The highest BCUT2D eigenvalue weighted by molar-refractivity contribution is 7.15. The van der Waals surface area contributed by atoms with Crippen molar-refractivity contribution >= 4 is 23.1 Å². The van der Waals surface area contributed by atoms with Crippen molar-refractivity contribution < 1.29 is 9.53 Å². The molecule has 0 unspecified atom stereocenters. The van der Waals surface area contributed by atoms with Gasteiger partial charge >= 0.3 is 0 Å². The molecule has 154 valence electrons. The van der Waals surface area contributed by atoms with Crippen LogP contribution in [-0.4, -0.2) is 50.4 Å². The fourth-order valence-corrected chi connectivity index (χ4v) is 5.34. The Hall–Kier alpha value is -3.11. The number of hydrogen-bond acceptors (Lipinski definition) is 8. The molecule has 3 aromatic heterocycles. The highest BCUT2D eigenvalue weighted by Gasteiger charge is 2.43. The summed E-state index contributed by atoms with van der Waals surface area (Å²) in [7, 11) is 0. The van der Waals surface area contributed by atoms with E-state index in [4.69, 9.17) is 10.5 Å². The van der Waals surface area contributed by atoms with Crippen molar-refractivity contribution in [3.05, 3.63) is 57.3 Å². The number of likely N-dealkylation sites (tertiary alicyclic amines) is 1. The Morgan fingerprint density at radius 3 is 2.77 bits per heavy atom. The first-order valence-corrected chi connectivity index (χ1v) is 10.5. The molecule has 3 N–H and O–H groups in total. The van der Waals surface area contributed by atoms with Crippen LogP contribution in [0.4, 0.5) is 5.82 Å². The molecule has 9 nitrogen and oxygen atoms in total. The molecule has 1 amide bonds. The number of hydrogen-bond donors (Lipinski definition) is 2. The van der Waals surface area contributed by atoms with Crippen molar-refractivity contribution in [3.8, 4) is 10.6 Å². The molecule has 30 heavy (non-hydrogen) atoms. The largest absolute Gasteiger partial charge is 0.382 e. The van der Waals surface area contributed by atoms with E-state index < -0.39 is 5.60 Å². The SMILES string of the molecule is Nc1cnc(-c2cc3c(s2)CCOC32CCN(C(=O)c3cncc(=O)[nH]3)CC2)cn1. The minimum Gasteiger partial charge on any atom is -0.382 e. The number of fused-ring (bicyclic) bond motifs is 2. The van der Waals surface area contributed by atoms with Crippen LogP contribution in [0.5, 0.6) is 0 Å². The second kappa shape index (κ2) is 7.29. The minimum absolute atomic E-state index is 0.212. The van der Waals surface area contributed by atoms with Gasteiger partial charge in [-0.25, -0.2) is 9.97 Å². The van der Waals surface area contributed by atoms with Crippen molar-refractivity contribution in [2.45, 2.75) is 24.9 Å². The average Bonchev–Trinajstić information content (AvgIpc) is 3.20. The molecule has 1 fully saturated rings. The maximum absolute atomic E-state index is 12.7. The summed E-state index contributed by atoms with van der Waals surface area (Å²) in [5, 5.41) is 0. The average molecular weight is 424 g/mol. The van der Waals surface area contributed by atoms with Gasteiger partial charge in [-0.15, -0.1) is 11.3 Å². The summed E-state index contributed by atoms with van der Waals surface area (Å²) in [6, 6.07) is 2.15. The number of H-pyrrole nitrogens is 1. The lowest BCUT2D eigenvalue weighted by atomic mass is 9.82. The summed E-state index contributed by atoms with van der Waals surface area (Å²) in [6.07, 6.45) is 8.05. The number of nitrogens with two attached hydrogens (primary N) is 1. The lowest BCUT2D eigenvalue weighted by Crippen LogP contribution is -2.48. The highest BCUT2D eigenvalue weighted by atomic mass is 32.1. The van der Waals surface area contributed by atoms with E-state index in [1.807, 2.05) is 0 Å². The first kappa shape index (κ1) is 18.9. The molecular formula is C20H20N6O3S. The Kier molecular flexibility index (Phi) is 4.59. The summed E-state index contributed by atoms with van der Waals surface area (Å²) in [5.74, 6) is 0.182. The number of aromatic amines is 1. The van der Waals surface area contributed by atoms with Crippen molar-refractivity contribution in [1.29, 1.82) is 0 Å². The molecule has 5 rings (SSSR count). The maximum Gasteiger partial charge on any atom is 0.271 e. The van der Waals surface area contributed by atoms with E-state index in [2.05, 4.69) is 26.0 Å². The normalized spacial score (nSPS) is 17.7. The third-order valence-electron chi connectivity index (χ3n) is 5.67. The van der Waals surface area contributed by atoms with Gasteiger partial charge in [0, 0.05) is 24.4 Å². The number of rotatable bonds is 2. The van der Waals surface area contributed by atoms with Gasteiger partial charge in [0.25, 0.3) is 11.5 Å². The van der Waals surface area contributed by atoms with Crippen LogP contribution in [0.3, 0.4) is 0 Å². The number of carbonyl (C=O) groups excluding carboxylic acids is 1. The maximum atomic E-state index is 12.7. The Morgan fingerprint density at radius 1 is 1.20 bits per heavy atom. The van der Waals surface area contributed by atoms with Crippen molar-refractivity contribution in [2.24, 2.45) is 0 Å². The van der Waals surface area contributed by atoms with Crippen molar-refractivity contribution in [2.75, 3.05) is 25.4 Å². The molecule has 5 heterocycles. The van der Waals surface area contributed by atoms with Crippen LogP contribution in [-0.2, 0) is 16.8 Å². The Morgan fingerprint density at radius 2 is 2.03 bits per heavy atom. The van der Waals surface area contributed by atoms with Gasteiger partial charge in [-0.1, -0.05) is 0 Å². The van der Waals surface area contributed by atoms with Crippen LogP contribution < -0.4 is 11.3 Å². The number of nitrogen functional groups attached to an aromatic ring is 1. The van der Waals surface area contributed by atoms with E-state index in [0.29, 0.717) is 38.4 Å². The van der Waals surface area contributed by atoms with Gasteiger partial charge in [-0.3, -0.25) is 14.6 Å². The van der Waals surface area contributed by atoms with Gasteiger partial charge in [0.15, 0.2) is 0 Å². The summed E-state index contributed by atoms with van der Waals surface area (Å²) in [5.41, 5.74) is 7.07. The standard InChI is InChI=1S/C20H20N6O3S/c21-17-10-23-13(9-24-17)16-7-12-15(30-16)1-6-29-20(12)2-4-26(5-3-20)19(28)14-8-22-11-18(27)25-14/h7-11H,1-6H2,(H2,21,24)(H,25,27). The predicted octanol–water partition coefficient (Wildman–Crippen LogP) is 1.57. The number of ether oxygens (including phenoxy) is 1. The molecule has 1 spiro atoms. The zero-order chi connectivity index (χ0) is 20.7. The molecule has 2 aliphatic rings. The number of aromatic nitrogens is 4. The van der Waals surface area contributed by atoms with Crippen LogP contribution in [0.25, 0.3) is 10.6 Å². The molecule has 10 heteroatoms. The molecule has 0 radical (unpaired) electrons. The van der Waals surface area contributed by atoms with Crippen LogP contribution >= 0.6 is 11.3 Å². The second-order valence-corrected chi connectivity index (χ2v) is 8.61. The topological polar surface area (TPSA) is 127 Å². The molecule has 3 aromatic rings. The molecular weight excluding hydrogens is 404 g/mol. The minimum atomic E-state index is -0.400. The van der Waals surface area contributed by atoms with Gasteiger partial charge in [0.2, 0.25) is 0 Å². The highest BCUT2D eigenvalue weighted by Crippen LogP contribution is 2.46. The number of thiophene rings is 1. The lowest BCUT2D eigenvalue weighted by Gasteiger charge is -2.44. The number of piperidine rings is 1. The number of nitrogens with zero attached hydrogens (tertiary/aromatic N) is 4. The first-order valence-electron chi connectivity index (χ1n) is 9.73. The van der Waals surface area contributed by atoms with E-state index in [-0.39, 0.29) is 17.2 Å². The summed E-state index contributed by atoms with van der Waals surface area (Å²) in [6.45, 7) is 1.74. The summed E-state index contributed by atoms with van der Waals surface area (Å²) in [4.78, 5) is 43.2. The number of amides is 1. The van der Waals surface area contributed by atoms with Gasteiger partial charge in [-0.05, 0) is 24.5 Å². The van der Waals surface area contributed by atoms with Crippen LogP contribution in [0.15, 0.2) is 35.6 Å². The summed E-state index contributed by atoms with van der Waals surface area (Å²) >= 11 is 1.72. The molecule has 1 saturated heterocycles. The van der Waals surface area contributed by atoms with Gasteiger partial charge in [-0.2, -0.15) is 0 Å². The number of carbonyl (C=O) groups is 1. The fraction of sp³-hybridized carbons (Fsp3) is 0.350. The molecule has 0 saturated carbocycles. The van der Waals surface area contributed by atoms with Crippen LogP contribution in [0.1, 0.15) is 33.8 Å². The quantitative estimate of drug-likeness (QED) is 0.639. The lowest BCUT2D eigenvalue weighted by molar-refractivity contribution is -0.0926. The smallest absolute Gasteiger partial charge is 0.271 e. The second-order valence-electron chi connectivity index (χ2n) is 7.47. The Labute approximate surface area is 176 Å². The van der Waals surface area contributed by atoms with Crippen molar-refractivity contribution in [3.63, 3.8) is 0 Å². The van der Waals surface area contributed by atoms with E-state index in [1.54, 1.807) is 28.6 Å². The summed E-state index contributed by atoms with van der Waals surface area (Å²) < 4.78 is 6.30. The van der Waals surface area contributed by atoms with Gasteiger partial charge in [0.1, 0.15) is 11.5 Å². The zero-order valence-electron chi connectivity index (χ0n) is 16.1. The predicted molar refractivity (Wildman–Crippen MR) is 111 cm³/mol. The third kappa shape index (κ3) is 3.27. The van der Waals surface area contributed by atoms with E-state index in [1.165, 1.54) is 16.6 Å². The van der Waals surface area contributed by atoms with E-state index in [0.717, 1.165) is 23.2 Å². The van der Waals surface area contributed by atoms with Gasteiger partial charge < -0.3 is 20.4 Å². The monoisotopic (exact) mass is 424 g/mol. The molecule has 0 aliphatic carbocycles. The van der Waals surface area contributed by atoms with E-state index in [9.17, 15) is 9.59 Å². The molecule has 0 bridgehead atoms. The fourth-order valence-electron chi connectivity index (χ4n) is 4.15. The molecule has 2 aliphatic heterocycles. The van der Waals surface area contributed by atoms with Crippen LogP contribution in [0.2, 0.25) is 0 Å².